The SMILES string of the molecule is O=C1CN(c2cccc(-c3ccc([N+](=O)[O-])cc3)c2S(=O)(=O)O)CCN1. The second kappa shape index (κ2) is 6.73. The van der Waals surface area contributed by atoms with Gasteiger partial charge in [0.1, 0.15) is 4.90 Å². The van der Waals surface area contributed by atoms with Gasteiger partial charge in [0.2, 0.25) is 5.91 Å². The maximum absolute atomic E-state index is 12.1. The molecule has 1 fully saturated rings. The lowest BCUT2D eigenvalue weighted by molar-refractivity contribution is -0.384. The van der Waals surface area contributed by atoms with Crippen molar-refractivity contribution >= 4 is 27.4 Å². The van der Waals surface area contributed by atoms with E-state index in [1.54, 1.807) is 11.0 Å². The third kappa shape index (κ3) is 3.51. The topological polar surface area (TPSA) is 130 Å². The van der Waals surface area contributed by atoms with Crippen molar-refractivity contribution in [3.8, 4) is 11.1 Å². The zero-order chi connectivity index (χ0) is 18.9. The van der Waals surface area contributed by atoms with E-state index in [1.807, 2.05) is 0 Å². The highest BCUT2D eigenvalue weighted by Crippen LogP contribution is 2.36. The molecule has 1 saturated heterocycles. The highest BCUT2D eigenvalue weighted by atomic mass is 32.2. The number of hydrogen-bond acceptors (Lipinski definition) is 6. The highest BCUT2D eigenvalue weighted by molar-refractivity contribution is 7.86. The van der Waals surface area contributed by atoms with Crippen LogP contribution in [0.1, 0.15) is 0 Å². The van der Waals surface area contributed by atoms with Crippen molar-refractivity contribution < 1.29 is 22.7 Å². The van der Waals surface area contributed by atoms with Gasteiger partial charge in [0.15, 0.2) is 0 Å². The van der Waals surface area contributed by atoms with Crippen molar-refractivity contribution in [1.82, 2.24) is 5.32 Å². The van der Waals surface area contributed by atoms with Crippen LogP contribution in [-0.2, 0) is 14.9 Å². The Hall–Kier alpha value is -2.98. The molecule has 3 rings (SSSR count). The van der Waals surface area contributed by atoms with E-state index in [2.05, 4.69) is 5.32 Å². The number of non-ortho nitro benzene ring substituents is 1. The van der Waals surface area contributed by atoms with Gasteiger partial charge in [0.25, 0.3) is 15.8 Å². The van der Waals surface area contributed by atoms with Crippen LogP contribution in [0.5, 0.6) is 0 Å². The molecule has 2 aromatic rings. The number of rotatable bonds is 4. The van der Waals surface area contributed by atoms with Crippen molar-refractivity contribution in [2.45, 2.75) is 4.90 Å². The Bertz CT molecular complexity index is 972. The minimum atomic E-state index is -4.61. The van der Waals surface area contributed by atoms with Gasteiger partial charge in [-0.25, -0.2) is 0 Å². The third-order valence-corrected chi connectivity index (χ3v) is 4.97. The van der Waals surface area contributed by atoms with Crippen molar-refractivity contribution in [2.75, 3.05) is 24.5 Å². The van der Waals surface area contributed by atoms with Crippen LogP contribution in [-0.4, -0.2) is 43.4 Å². The van der Waals surface area contributed by atoms with E-state index in [4.69, 9.17) is 0 Å². The summed E-state index contributed by atoms with van der Waals surface area (Å²) in [6.45, 7) is 0.704. The smallest absolute Gasteiger partial charge is 0.297 e. The lowest BCUT2D eigenvalue weighted by Gasteiger charge is -2.30. The molecule has 0 aliphatic carbocycles. The molecule has 0 bridgehead atoms. The molecule has 26 heavy (non-hydrogen) atoms. The number of nitrogens with zero attached hydrogens (tertiary/aromatic N) is 2. The molecule has 2 aromatic carbocycles. The molecule has 0 saturated carbocycles. The van der Waals surface area contributed by atoms with Crippen LogP contribution in [0, 0.1) is 10.1 Å². The van der Waals surface area contributed by atoms with Gasteiger partial charge in [0, 0.05) is 30.8 Å². The minimum Gasteiger partial charge on any atom is -0.359 e. The molecule has 1 heterocycles. The summed E-state index contributed by atoms with van der Waals surface area (Å²) in [6.07, 6.45) is 0. The van der Waals surface area contributed by atoms with E-state index in [0.29, 0.717) is 18.7 Å². The van der Waals surface area contributed by atoms with Gasteiger partial charge in [-0.3, -0.25) is 19.5 Å². The number of nitro benzene ring substituents is 1. The summed E-state index contributed by atoms with van der Waals surface area (Å²) >= 11 is 0. The fourth-order valence-corrected chi connectivity index (χ4v) is 3.80. The Morgan fingerprint density at radius 2 is 1.85 bits per heavy atom. The maximum Gasteiger partial charge on any atom is 0.297 e. The summed E-state index contributed by atoms with van der Waals surface area (Å²) in [5.74, 6) is -0.252. The van der Waals surface area contributed by atoms with E-state index in [9.17, 15) is 27.9 Å². The van der Waals surface area contributed by atoms with Gasteiger partial charge in [-0.15, -0.1) is 0 Å². The predicted molar refractivity (Wildman–Crippen MR) is 93.6 cm³/mol. The lowest BCUT2D eigenvalue weighted by atomic mass is 10.0. The van der Waals surface area contributed by atoms with Gasteiger partial charge >= 0.3 is 0 Å². The molecule has 2 N–H and O–H groups in total. The lowest BCUT2D eigenvalue weighted by Crippen LogP contribution is -2.48. The number of hydrogen-bond donors (Lipinski definition) is 2. The molecule has 0 aromatic heterocycles. The number of piperazine rings is 1. The van der Waals surface area contributed by atoms with Crippen LogP contribution in [0.2, 0.25) is 0 Å². The Morgan fingerprint density at radius 1 is 1.15 bits per heavy atom. The standard InChI is InChI=1S/C16H15N3O6S/c20-15-10-18(9-8-17-15)14-3-1-2-13(16(14)26(23,24)25)11-4-6-12(7-5-11)19(21)22/h1-7H,8-10H2,(H,17,20)(H,23,24,25). The summed E-state index contributed by atoms with van der Waals surface area (Å²) in [7, 11) is -4.61. The average Bonchev–Trinajstić information content (AvgIpc) is 2.60. The first-order valence-electron chi connectivity index (χ1n) is 7.64. The first kappa shape index (κ1) is 17.8. The number of anilines is 1. The predicted octanol–water partition coefficient (Wildman–Crippen LogP) is 1.44. The summed E-state index contributed by atoms with van der Waals surface area (Å²) in [5.41, 5.74) is 0.668. The van der Waals surface area contributed by atoms with E-state index < -0.39 is 15.0 Å². The van der Waals surface area contributed by atoms with E-state index >= 15 is 0 Å². The van der Waals surface area contributed by atoms with E-state index in [1.165, 1.54) is 36.4 Å². The number of nitrogens with one attached hydrogen (secondary N) is 1. The zero-order valence-electron chi connectivity index (χ0n) is 13.5. The minimum absolute atomic E-state index is 0.0355. The van der Waals surface area contributed by atoms with Crippen molar-refractivity contribution in [3.05, 3.63) is 52.6 Å². The summed E-state index contributed by atoms with van der Waals surface area (Å²) in [6, 6.07) is 9.94. The molecule has 1 amide bonds. The molecular formula is C16H15N3O6S. The molecule has 9 nitrogen and oxygen atoms in total. The first-order valence-corrected chi connectivity index (χ1v) is 9.08. The Labute approximate surface area is 149 Å². The average molecular weight is 377 g/mol. The molecule has 0 spiro atoms. The Morgan fingerprint density at radius 3 is 2.42 bits per heavy atom. The maximum atomic E-state index is 12.1. The fraction of sp³-hybridized carbons (Fsp3) is 0.188. The number of carbonyl (C=O) groups excluding carboxylic acids is 1. The Balaban J connectivity index is 2.15. The summed E-state index contributed by atoms with van der Waals surface area (Å²) in [4.78, 5) is 23.1. The molecular weight excluding hydrogens is 362 g/mol. The van der Waals surface area contributed by atoms with E-state index in [0.717, 1.165) is 0 Å². The molecule has 0 radical (unpaired) electrons. The van der Waals surface area contributed by atoms with Crippen LogP contribution in [0.15, 0.2) is 47.4 Å². The second-order valence-electron chi connectivity index (χ2n) is 5.70. The molecule has 136 valence electrons. The van der Waals surface area contributed by atoms with Crippen LogP contribution >= 0.6 is 0 Å². The number of amides is 1. The van der Waals surface area contributed by atoms with Gasteiger partial charge in [0.05, 0.1) is 17.2 Å². The van der Waals surface area contributed by atoms with Gasteiger partial charge in [-0.05, 0) is 23.8 Å². The van der Waals surface area contributed by atoms with Gasteiger partial charge in [-0.2, -0.15) is 8.42 Å². The van der Waals surface area contributed by atoms with Crippen LogP contribution in [0.3, 0.4) is 0 Å². The van der Waals surface area contributed by atoms with E-state index in [-0.39, 0.29) is 34.3 Å². The van der Waals surface area contributed by atoms with Crippen molar-refractivity contribution in [1.29, 1.82) is 0 Å². The molecule has 1 aliphatic rings. The van der Waals surface area contributed by atoms with Crippen molar-refractivity contribution in [3.63, 3.8) is 0 Å². The fourth-order valence-electron chi connectivity index (χ4n) is 2.88. The molecule has 0 atom stereocenters. The van der Waals surface area contributed by atoms with Crippen LogP contribution in [0.25, 0.3) is 11.1 Å². The third-order valence-electron chi connectivity index (χ3n) is 4.02. The Kier molecular flexibility index (Phi) is 4.62. The van der Waals surface area contributed by atoms with Crippen LogP contribution < -0.4 is 10.2 Å². The first-order chi connectivity index (χ1) is 12.3. The molecule has 1 aliphatic heterocycles. The van der Waals surface area contributed by atoms with Crippen molar-refractivity contribution in [2.24, 2.45) is 0 Å². The molecule has 10 heteroatoms. The van der Waals surface area contributed by atoms with Gasteiger partial charge < -0.3 is 10.2 Å². The molecule has 0 unspecified atom stereocenters. The number of nitro groups is 1. The number of carbonyl (C=O) groups is 1. The summed E-state index contributed by atoms with van der Waals surface area (Å²) < 4.78 is 33.9. The largest absolute Gasteiger partial charge is 0.359 e. The zero-order valence-corrected chi connectivity index (χ0v) is 14.3. The van der Waals surface area contributed by atoms with Gasteiger partial charge in [-0.1, -0.05) is 12.1 Å². The quantitative estimate of drug-likeness (QED) is 0.468. The normalized spacial score (nSPS) is 14.8. The number of benzene rings is 2. The monoisotopic (exact) mass is 377 g/mol. The second-order valence-corrected chi connectivity index (χ2v) is 7.06. The van der Waals surface area contributed by atoms with Crippen LogP contribution in [0.4, 0.5) is 11.4 Å². The highest BCUT2D eigenvalue weighted by Gasteiger charge is 2.27. The summed E-state index contributed by atoms with van der Waals surface area (Å²) in [5, 5.41) is 13.4.